The standard InChI is InChI=1S/C19H20N2OS2/c1-2-13-20-19(23)21-14-18(17-11-7-4-8-12-17)24(22)15-16-9-5-3-6-10-16/h2-12,14H,1,13,15H2,(H2,20,21,23)/b18-14+. The molecular formula is C19H20N2OS2. The van der Waals surface area contributed by atoms with Gasteiger partial charge in [0.15, 0.2) is 5.11 Å². The smallest absolute Gasteiger partial charge is 0.170 e. The fourth-order valence-corrected chi connectivity index (χ4v) is 3.42. The van der Waals surface area contributed by atoms with Crippen molar-refractivity contribution in [3.8, 4) is 0 Å². The van der Waals surface area contributed by atoms with Crippen LogP contribution in [-0.4, -0.2) is 15.9 Å². The van der Waals surface area contributed by atoms with E-state index in [0.29, 0.717) is 22.3 Å². The van der Waals surface area contributed by atoms with E-state index in [1.807, 2.05) is 60.7 Å². The van der Waals surface area contributed by atoms with Gasteiger partial charge in [-0.1, -0.05) is 66.7 Å². The second kappa shape index (κ2) is 9.80. The molecule has 0 heterocycles. The molecule has 0 saturated carbocycles. The summed E-state index contributed by atoms with van der Waals surface area (Å²) in [7, 11) is -1.19. The summed E-state index contributed by atoms with van der Waals surface area (Å²) >= 11 is 5.19. The third-order valence-electron chi connectivity index (χ3n) is 3.19. The van der Waals surface area contributed by atoms with Crippen LogP contribution in [0.4, 0.5) is 0 Å². The van der Waals surface area contributed by atoms with Crippen molar-refractivity contribution in [1.29, 1.82) is 0 Å². The summed E-state index contributed by atoms with van der Waals surface area (Å²) in [5, 5.41) is 6.46. The molecule has 0 aliphatic rings. The van der Waals surface area contributed by atoms with Gasteiger partial charge in [-0.2, -0.15) is 0 Å². The Balaban J connectivity index is 2.18. The van der Waals surface area contributed by atoms with Gasteiger partial charge in [0.1, 0.15) is 0 Å². The molecule has 24 heavy (non-hydrogen) atoms. The molecule has 5 heteroatoms. The molecule has 1 unspecified atom stereocenters. The van der Waals surface area contributed by atoms with E-state index in [-0.39, 0.29) is 0 Å². The first-order valence-electron chi connectivity index (χ1n) is 7.54. The van der Waals surface area contributed by atoms with Crippen LogP contribution in [0.3, 0.4) is 0 Å². The summed E-state index contributed by atoms with van der Waals surface area (Å²) in [5.41, 5.74) is 1.94. The average molecular weight is 357 g/mol. The SMILES string of the molecule is C=CCNC(=S)N/C=C(\c1ccccc1)S(=O)Cc1ccccc1. The molecule has 3 nitrogen and oxygen atoms in total. The first kappa shape index (κ1) is 18.1. The van der Waals surface area contributed by atoms with Crippen molar-refractivity contribution >= 4 is 33.0 Å². The number of nitrogens with one attached hydrogen (secondary N) is 2. The van der Waals surface area contributed by atoms with Crippen LogP contribution in [0.25, 0.3) is 4.91 Å². The highest BCUT2D eigenvalue weighted by Gasteiger charge is 2.11. The van der Waals surface area contributed by atoms with Gasteiger partial charge in [-0.05, 0) is 23.3 Å². The molecule has 2 aromatic carbocycles. The summed E-state index contributed by atoms with van der Waals surface area (Å²) in [5.74, 6) is 0.454. The molecule has 0 saturated heterocycles. The van der Waals surface area contributed by atoms with Crippen LogP contribution in [-0.2, 0) is 16.6 Å². The Labute approximate surface area is 150 Å². The van der Waals surface area contributed by atoms with Crippen molar-refractivity contribution in [2.45, 2.75) is 5.75 Å². The van der Waals surface area contributed by atoms with Crippen LogP contribution < -0.4 is 10.6 Å². The topological polar surface area (TPSA) is 41.1 Å². The lowest BCUT2D eigenvalue weighted by atomic mass is 10.2. The van der Waals surface area contributed by atoms with E-state index in [4.69, 9.17) is 12.2 Å². The van der Waals surface area contributed by atoms with Crippen molar-refractivity contribution < 1.29 is 4.21 Å². The number of benzene rings is 2. The van der Waals surface area contributed by atoms with Gasteiger partial charge >= 0.3 is 0 Å². The summed E-state index contributed by atoms with van der Waals surface area (Å²) in [6.07, 6.45) is 3.44. The summed E-state index contributed by atoms with van der Waals surface area (Å²) < 4.78 is 12.9. The Morgan fingerprint density at radius 1 is 1.08 bits per heavy atom. The Morgan fingerprint density at radius 3 is 2.33 bits per heavy atom. The Bertz CT molecular complexity index is 728. The maximum Gasteiger partial charge on any atom is 0.170 e. The van der Waals surface area contributed by atoms with Gasteiger partial charge in [0, 0.05) is 12.7 Å². The highest BCUT2D eigenvalue weighted by Crippen LogP contribution is 2.20. The minimum absolute atomic E-state index is 0.454. The van der Waals surface area contributed by atoms with Crippen molar-refractivity contribution in [3.63, 3.8) is 0 Å². The van der Waals surface area contributed by atoms with E-state index in [9.17, 15) is 4.21 Å². The van der Waals surface area contributed by atoms with Gasteiger partial charge in [0.2, 0.25) is 0 Å². The fraction of sp³-hybridized carbons (Fsp3) is 0.105. The lowest BCUT2D eigenvalue weighted by molar-refractivity contribution is 0.688. The quantitative estimate of drug-likeness (QED) is 0.588. The molecule has 1 atom stereocenters. The molecule has 2 N–H and O–H groups in total. The molecule has 0 amide bonds. The summed E-state index contributed by atoms with van der Waals surface area (Å²) in [6.45, 7) is 4.21. The molecule has 124 valence electrons. The number of thiocarbonyl (C=S) groups is 1. The van der Waals surface area contributed by atoms with Crippen molar-refractivity contribution in [1.82, 2.24) is 10.6 Å². The first-order chi connectivity index (χ1) is 11.7. The summed E-state index contributed by atoms with van der Waals surface area (Å²) in [6, 6.07) is 19.5. The van der Waals surface area contributed by atoms with Gasteiger partial charge in [-0.15, -0.1) is 6.58 Å². The molecule has 2 aromatic rings. The van der Waals surface area contributed by atoms with Crippen LogP contribution in [0.2, 0.25) is 0 Å². The Morgan fingerprint density at radius 2 is 1.71 bits per heavy atom. The van der Waals surface area contributed by atoms with Gasteiger partial charge in [-0.25, -0.2) is 0 Å². The third kappa shape index (κ3) is 5.76. The van der Waals surface area contributed by atoms with E-state index in [1.165, 1.54) is 0 Å². The van der Waals surface area contributed by atoms with E-state index >= 15 is 0 Å². The third-order valence-corrected chi connectivity index (χ3v) is 4.89. The summed E-state index contributed by atoms with van der Waals surface area (Å²) in [4.78, 5) is 0.710. The van der Waals surface area contributed by atoms with Crippen molar-refractivity contribution in [3.05, 3.63) is 90.6 Å². The largest absolute Gasteiger partial charge is 0.359 e. The monoisotopic (exact) mass is 356 g/mol. The van der Waals surface area contributed by atoms with Crippen LogP contribution in [0.5, 0.6) is 0 Å². The van der Waals surface area contributed by atoms with Gasteiger partial charge < -0.3 is 10.6 Å². The zero-order valence-corrected chi connectivity index (χ0v) is 14.9. The second-order valence-electron chi connectivity index (χ2n) is 4.99. The zero-order chi connectivity index (χ0) is 17.2. The minimum atomic E-state index is -1.19. The van der Waals surface area contributed by atoms with E-state index in [2.05, 4.69) is 17.2 Å². The van der Waals surface area contributed by atoms with E-state index in [1.54, 1.807) is 12.3 Å². The first-order valence-corrected chi connectivity index (χ1v) is 9.26. The molecule has 0 radical (unpaired) electrons. The molecule has 0 aliphatic carbocycles. The predicted octanol–water partition coefficient (Wildman–Crippen LogP) is 3.58. The molecule has 0 fully saturated rings. The highest BCUT2D eigenvalue weighted by molar-refractivity contribution is 7.93. The fourth-order valence-electron chi connectivity index (χ4n) is 2.03. The lowest BCUT2D eigenvalue weighted by Gasteiger charge is -2.10. The number of rotatable bonds is 7. The Kier molecular flexibility index (Phi) is 7.39. The molecule has 0 spiro atoms. The van der Waals surface area contributed by atoms with E-state index in [0.717, 1.165) is 11.1 Å². The minimum Gasteiger partial charge on any atom is -0.359 e. The molecule has 0 aliphatic heterocycles. The molecule has 2 rings (SSSR count). The maximum atomic E-state index is 12.9. The van der Waals surface area contributed by atoms with Crippen LogP contribution in [0.15, 0.2) is 79.5 Å². The van der Waals surface area contributed by atoms with Gasteiger partial charge in [-0.3, -0.25) is 4.21 Å². The molecule has 0 bridgehead atoms. The van der Waals surface area contributed by atoms with Crippen molar-refractivity contribution in [2.75, 3.05) is 6.54 Å². The Hall–Kier alpha value is -2.24. The van der Waals surface area contributed by atoms with Crippen LogP contribution in [0, 0.1) is 0 Å². The lowest BCUT2D eigenvalue weighted by Crippen LogP contribution is -2.32. The number of hydrogen-bond donors (Lipinski definition) is 2. The second-order valence-corrected chi connectivity index (χ2v) is 6.82. The molecule has 0 aromatic heterocycles. The highest BCUT2D eigenvalue weighted by atomic mass is 32.2. The van der Waals surface area contributed by atoms with Crippen LogP contribution in [0.1, 0.15) is 11.1 Å². The number of hydrogen-bond acceptors (Lipinski definition) is 2. The van der Waals surface area contributed by atoms with Gasteiger partial charge in [0.05, 0.1) is 21.5 Å². The predicted molar refractivity (Wildman–Crippen MR) is 107 cm³/mol. The van der Waals surface area contributed by atoms with Gasteiger partial charge in [0.25, 0.3) is 0 Å². The van der Waals surface area contributed by atoms with Crippen molar-refractivity contribution in [2.24, 2.45) is 0 Å². The van der Waals surface area contributed by atoms with E-state index < -0.39 is 10.8 Å². The maximum absolute atomic E-state index is 12.9. The van der Waals surface area contributed by atoms with Crippen LogP contribution >= 0.6 is 12.2 Å². The molecular weight excluding hydrogens is 336 g/mol. The zero-order valence-electron chi connectivity index (χ0n) is 13.3. The normalized spacial score (nSPS) is 12.2. The average Bonchev–Trinajstić information content (AvgIpc) is 2.62.